The van der Waals surface area contributed by atoms with E-state index in [0.29, 0.717) is 16.3 Å². The van der Waals surface area contributed by atoms with Crippen molar-refractivity contribution in [1.82, 2.24) is 0 Å². The first-order chi connectivity index (χ1) is 19.2. The predicted molar refractivity (Wildman–Crippen MR) is 179 cm³/mol. The van der Waals surface area contributed by atoms with E-state index in [4.69, 9.17) is 0 Å². The minimum Gasteiger partial charge on any atom is -0.295 e. The van der Waals surface area contributed by atoms with Crippen molar-refractivity contribution in [2.75, 3.05) is 5.75 Å². The molecule has 0 bridgehead atoms. The Kier molecular flexibility index (Phi) is 19.1. The van der Waals surface area contributed by atoms with Crippen molar-refractivity contribution in [3.8, 4) is 0 Å². The number of hydrogen-bond acceptors (Lipinski definition) is 3. The zero-order valence-electron chi connectivity index (χ0n) is 27.7. The third kappa shape index (κ3) is 13.7. The van der Waals surface area contributed by atoms with Gasteiger partial charge in [-0.1, -0.05) is 97.4 Å². The number of hydrogen-bond donors (Lipinski definition) is 0. The summed E-state index contributed by atoms with van der Waals surface area (Å²) < 4.78 is 0.432. The summed E-state index contributed by atoms with van der Waals surface area (Å²) in [7, 11) is 0. The molecule has 2 aliphatic rings. The molecule has 0 amide bonds. The number of thioether (sulfide) groups is 1. The molecule has 2 nitrogen and oxygen atoms in total. The zero-order chi connectivity index (χ0) is 30.0. The van der Waals surface area contributed by atoms with E-state index < -0.39 is 0 Å². The molecule has 0 saturated carbocycles. The molecule has 0 aromatic heterocycles. The van der Waals surface area contributed by atoms with E-state index in [1.165, 1.54) is 81.1 Å². The van der Waals surface area contributed by atoms with Gasteiger partial charge in [-0.25, -0.2) is 0 Å². The smallest absolute Gasteiger partial charge is 0.159 e. The summed E-state index contributed by atoms with van der Waals surface area (Å²) in [6.07, 6.45) is 24.7. The van der Waals surface area contributed by atoms with Crippen LogP contribution in [-0.4, -0.2) is 22.1 Å². The summed E-state index contributed by atoms with van der Waals surface area (Å²) in [5.41, 5.74) is 4.37. The third-order valence-corrected chi connectivity index (χ3v) is 11.3. The van der Waals surface area contributed by atoms with Crippen LogP contribution in [-0.2, 0) is 9.59 Å². The quantitative estimate of drug-likeness (QED) is 0.144. The monoisotopic (exact) mass is 572 g/mol. The van der Waals surface area contributed by atoms with Gasteiger partial charge in [-0.2, -0.15) is 11.8 Å². The highest BCUT2D eigenvalue weighted by Crippen LogP contribution is 2.41. The van der Waals surface area contributed by atoms with Crippen LogP contribution in [0, 0.1) is 17.8 Å². The van der Waals surface area contributed by atoms with Crippen LogP contribution < -0.4 is 0 Å². The van der Waals surface area contributed by atoms with Gasteiger partial charge in [-0.05, 0) is 106 Å². The van der Waals surface area contributed by atoms with Crippen molar-refractivity contribution >= 4 is 23.3 Å². The third-order valence-electron chi connectivity index (χ3n) is 9.68. The standard InChI is InChI=1S/C21H38OS.C16H26O/c1-6-17(15-18-11-10-12-20(22)16-18)13-14-19(7-2)21(5,8-3)23-9-4;1-4-13(5-2)8-7-9-14(6-3)10-15-11-16(17)12-15/h16-17,19H,6-15H2,1-5H3;8,11,14H,4-7,9-10,12H2,1-3H3. The summed E-state index contributed by atoms with van der Waals surface area (Å²) in [5, 5.41) is 0. The molecule has 40 heavy (non-hydrogen) atoms. The van der Waals surface area contributed by atoms with E-state index in [1.807, 2.05) is 12.2 Å². The van der Waals surface area contributed by atoms with E-state index in [2.05, 4.69) is 73.2 Å². The number of ketones is 2. The maximum absolute atomic E-state index is 11.6. The Hall–Kier alpha value is -1.09. The molecule has 0 saturated heterocycles. The molecule has 0 aromatic rings. The molecule has 4 atom stereocenters. The first-order valence-corrected chi connectivity index (χ1v) is 17.9. The van der Waals surface area contributed by atoms with Gasteiger partial charge in [-0.15, -0.1) is 0 Å². The Labute approximate surface area is 253 Å². The second-order valence-electron chi connectivity index (χ2n) is 12.5. The minimum atomic E-state index is 0.314. The molecule has 0 spiro atoms. The van der Waals surface area contributed by atoms with Crippen molar-refractivity contribution < 1.29 is 9.59 Å². The van der Waals surface area contributed by atoms with E-state index in [1.54, 1.807) is 5.57 Å². The zero-order valence-corrected chi connectivity index (χ0v) is 28.5. The summed E-state index contributed by atoms with van der Waals surface area (Å²) >= 11 is 2.15. The van der Waals surface area contributed by atoms with Crippen molar-refractivity contribution in [3.63, 3.8) is 0 Å². The van der Waals surface area contributed by atoms with Crippen molar-refractivity contribution in [1.29, 1.82) is 0 Å². The Morgan fingerprint density at radius 2 is 1.45 bits per heavy atom. The molecule has 0 heterocycles. The van der Waals surface area contributed by atoms with Crippen LogP contribution in [0.3, 0.4) is 0 Å². The fourth-order valence-electron chi connectivity index (χ4n) is 6.50. The molecular weight excluding hydrogens is 508 g/mol. The van der Waals surface area contributed by atoms with E-state index >= 15 is 0 Å². The first kappa shape index (κ1) is 36.9. The SMILES string of the molecule is CCC(=CCCC(CC)CC1=CC(=O)C1)CC.CCSC(C)(CC)C(CC)CCC(CC)CC1=CC(=O)CCC1. The number of allylic oxidation sites excluding steroid dienone is 6. The molecule has 2 aliphatic carbocycles. The maximum Gasteiger partial charge on any atom is 0.159 e. The van der Waals surface area contributed by atoms with Gasteiger partial charge in [0.1, 0.15) is 0 Å². The van der Waals surface area contributed by atoms with Gasteiger partial charge in [0, 0.05) is 17.6 Å². The highest BCUT2D eigenvalue weighted by atomic mass is 32.2. The van der Waals surface area contributed by atoms with Crippen molar-refractivity contribution in [3.05, 3.63) is 34.9 Å². The van der Waals surface area contributed by atoms with E-state index in [0.717, 1.165) is 56.3 Å². The van der Waals surface area contributed by atoms with Gasteiger partial charge >= 0.3 is 0 Å². The Balaban J connectivity index is 0.000000418. The molecule has 0 N–H and O–H groups in total. The van der Waals surface area contributed by atoms with Crippen LogP contribution in [0.4, 0.5) is 0 Å². The second-order valence-corrected chi connectivity index (χ2v) is 14.3. The van der Waals surface area contributed by atoms with Gasteiger partial charge in [0.05, 0.1) is 0 Å². The minimum absolute atomic E-state index is 0.314. The summed E-state index contributed by atoms with van der Waals surface area (Å²) in [4.78, 5) is 22.5. The fourth-order valence-corrected chi connectivity index (χ4v) is 7.88. The van der Waals surface area contributed by atoms with Crippen LogP contribution in [0.1, 0.15) is 158 Å². The van der Waals surface area contributed by atoms with Crippen LogP contribution in [0.2, 0.25) is 0 Å². The lowest BCUT2D eigenvalue weighted by Gasteiger charge is -2.37. The van der Waals surface area contributed by atoms with Crippen LogP contribution in [0.15, 0.2) is 34.9 Å². The molecule has 0 aromatic carbocycles. The summed E-state index contributed by atoms with van der Waals surface area (Å²) in [6.45, 7) is 18.5. The molecular formula is C37H64O2S. The molecule has 0 fully saturated rings. The molecule has 4 unspecified atom stereocenters. The normalized spacial score (nSPS) is 18.8. The number of carbonyl (C=O) groups excluding carboxylic acids is 2. The largest absolute Gasteiger partial charge is 0.295 e. The van der Waals surface area contributed by atoms with Crippen LogP contribution >= 0.6 is 11.8 Å². The molecule has 230 valence electrons. The lowest BCUT2D eigenvalue weighted by molar-refractivity contribution is -0.116. The highest BCUT2D eigenvalue weighted by molar-refractivity contribution is 8.00. The Bertz CT molecular complexity index is 829. The lowest BCUT2D eigenvalue weighted by atomic mass is 9.80. The highest BCUT2D eigenvalue weighted by Gasteiger charge is 2.31. The fraction of sp³-hybridized carbons (Fsp3) is 0.784. The first-order valence-electron chi connectivity index (χ1n) is 16.9. The summed E-state index contributed by atoms with van der Waals surface area (Å²) in [5.74, 6) is 4.22. The lowest BCUT2D eigenvalue weighted by Crippen LogP contribution is -2.31. The van der Waals surface area contributed by atoms with E-state index in [9.17, 15) is 9.59 Å². The van der Waals surface area contributed by atoms with Gasteiger partial charge in [0.25, 0.3) is 0 Å². The summed E-state index contributed by atoms with van der Waals surface area (Å²) in [6, 6.07) is 0. The topological polar surface area (TPSA) is 34.1 Å². The Morgan fingerprint density at radius 1 is 0.825 bits per heavy atom. The predicted octanol–water partition coefficient (Wildman–Crippen LogP) is 11.6. The van der Waals surface area contributed by atoms with Gasteiger partial charge in [0.15, 0.2) is 11.6 Å². The Morgan fingerprint density at radius 3 is 1.95 bits per heavy atom. The average Bonchev–Trinajstić information content (AvgIpc) is 2.93. The molecule has 0 aliphatic heterocycles. The number of rotatable bonds is 19. The van der Waals surface area contributed by atoms with Gasteiger partial charge in [0.2, 0.25) is 0 Å². The van der Waals surface area contributed by atoms with Gasteiger partial charge < -0.3 is 0 Å². The van der Waals surface area contributed by atoms with Crippen molar-refractivity contribution in [2.45, 2.75) is 163 Å². The van der Waals surface area contributed by atoms with Gasteiger partial charge in [-0.3, -0.25) is 9.59 Å². The maximum atomic E-state index is 11.6. The average molecular weight is 573 g/mol. The molecule has 3 heteroatoms. The van der Waals surface area contributed by atoms with E-state index in [-0.39, 0.29) is 0 Å². The molecule has 0 radical (unpaired) electrons. The molecule has 2 rings (SSSR count). The van der Waals surface area contributed by atoms with Crippen LogP contribution in [0.5, 0.6) is 0 Å². The second kappa shape index (κ2) is 20.7. The number of carbonyl (C=O) groups is 2. The van der Waals surface area contributed by atoms with Crippen molar-refractivity contribution in [2.24, 2.45) is 17.8 Å². The van der Waals surface area contributed by atoms with Crippen LogP contribution in [0.25, 0.3) is 0 Å².